The number of carbonyl (C=O) groups excluding carboxylic acids is 2. The Labute approximate surface area is 118 Å². The lowest BCUT2D eigenvalue weighted by molar-refractivity contribution is -0.144. The Morgan fingerprint density at radius 2 is 1.74 bits per heavy atom. The van der Waals surface area contributed by atoms with Crippen molar-refractivity contribution in [3.05, 3.63) is 0 Å². The van der Waals surface area contributed by atoms with Gasteiger partial charge in [-0.3, -0.25) is 9.59 Å². The van der Waals surface area contributed by atoms with Crippen LogP contribution in [0.3, 0.4) is 0 Å². The largest absolute Gasteiger partial charge is 0.392 e. The number of primary amides is 1. The van der Waals surface area contributed by atoms with Gasteiger partial charge in [0.05, 0.1) is 10.4 Å². The third kappa shape index (κ3) is 2.45. The van der Waals surface area contributed by atoms with Crippen LogP contribution in [0.25, 0.3) is 0 Å². The minimum absolute atomic E-state index is 0.0824. The minimum Gasteiger partial charge on any atom is -0.392 e. The molecule has 5 nitrogen and oxygen atoms in total. The van der Waals surface area contributed by atoms with Crippen LogP contribution >= 0.6 is 12.2 Å². The molecular formula is C13H21N3O2S. The van der Waals surface area contributed by atoms with E-state index in [1.165, 1.54) is 0 Å². The van der Waals surface area contributed by atoms with Crippen LogP contribution in [-0.2, 0) is 9.59 Å². The van der Waals surface area contributed by atoms with Crippen LogP contribution in [0.5, 0.6) is 0 Å². The smallest absolute Gasteiger partial charge is 0.240 e. The van der Waals surface area contributed by atoms with Crippen molar-refractivity contribution in [3.8, 4) is 0 Å². The quantitative estimate of drug-likeness (QED) is 0.746. The van der Waals surface area contributed by atoms with E-state index >= 15 is 0 Å². The van der Waals surface area contributed by atoms with Gasteiger partial charge in [-0.25, -0.2) is 0 Å². The first-order valence-corrected chi connectivity index (χ1v) is 7.30. The van der Waals surface area contributed by atoms with Crippen molar-refractivity contribution in [1.29, 1.82) is 0 Å². The topological polar surface area (TPSA) is 89.4 Å². The summed E-state index contributed by atoms with van der Waals surface area (Å²) in [4.78, 5) is 26.1. The van der Waals surface area contributed by atoms with Gasteiger partial charge in [-0.1, -0.05) is 31.5 Å². The molecule has 1 saturated carbocycles. The number of likely N-dealkylation sites (tertiary alicyclic amines) is 1. The molecule has 2 aliphatic rings. The molecule has 0 aromatic heterocycles. The summed E-state index contributed by atoms with van der Waals surface area (Å²) in [6.45, 7) is 0.580. The summed E-state index contributed by atoms with van der Waals surface area (Å²) in [5.41, 5.74) is 10.5. The Bertz CT molecular complexity index is 405. The summed E-state index contributed by atoms with van der Waals surface area (Å²) < 4.78 is 0. The average molecular weight is 283 g/mol. The van der Waals surface area contributed by atoms with Crippen LogP contribution in [-0.4, -0.2) is 34.3 Å². The van der Waals surface area contributed by atoms with E-state index in [1.54, 1.807) is 4.90 Å². The van der Waals surface area contributed by atoms with Gasteiger partial charge in [0.25, 0.3) is 0 Å². The zero-order valence-corrected chi connectivity index (χ0v) is 11.9. The third-order valence-corrected chi connectivity index (χ3v) is 4.82. The molecule has 0 radical (unpaired) electrons. The highest BCUT2D eigenvalue weighted by molar-refractivity contribution is 7.80. The van der Waals surface area contributed by atoms with Crippen LogP contribution in [0.2, 0.25) is 0 Å². The van der Waals surface area contributed by atoms with E-state index in [2.05, 4.69) is 0 Å². The van der Waals surface area contributed by atoms with Crippen LogP contribution < -0.4 is 11.5 Å². The summed E-state index contributed by atoms with van der Waals surface area (Å²) in [6, 6.07) is -0.486. The summed E-state index contributed by atoms with van der Waals surface area (Å²) >= 11 is 5.16. The summed E-state index contributed by atoms with van der Waals surface area (Å²) in [6.07, 6.45) is 5.88. The molecule has 19 heavy (non-hydrogen) atoms. The van der Waals surface area contributed by atoms with Gasteiger partial charge in [0.2, 0.25) is 11.8 Å². The molecule has 6 heteroatoms. The van der Waals surface area contributed by atoms with Crippen molar-refractivity contribution in [2.45, 2.75) is 51.0 Å². The first kappa shape index (κ1) is 14.2. The first-order chi connectivity index (χ1) is 8.99. The molecule has 106 valence electrons. The summed E-state index contributed by atoms with van der Waals surface area (Å²) in [7, 11) is 0. The Morgan fingerprint density at radius 3 is 2.26 bits per heavy atom. The molecule has 4 N–H and O–H groups in total. The fourth-order valence-corrected chi connectivity index (χ4v) is 3.59. The Kier molecular flexibility index (Phi) is 4.08. The normalized spacial score (nSPS) is 26.1. The zero-order valence-electron chi connectivity index (χ0n) is 11.1. The fraction of sp³-hybridized carbons (Fsp3) is 0.769. The number of nitrogens with zero attached hydrogens (tertiary/aromatic N) is 1. The van der Waals surface area contributed by atoms with Crippen LogP contribution in [0, 0.1) is 5.41 Å². The molecule has 2 fully saturated rings. The molecule has 1 unspecified atom stereocenters. The number of amides is 2. The first-order valence-electron chi connectivity index (χ1n) is 6.89. The molecule has 2 amide bonds. The van der Waals surface area contributed by atoms with Crippen molar-refractivity contribution in [1.82, 2.24) is 4.90 Å². The fourth-order valence-electron chi connectivity index (χ4n) is 3.30. The highest BCUT2D eigenvalue weighted by Gasteiger charge is 2.47. The molecule has 1 aliphatic carbocycles. The molecule has 0 bridgehead atoms. The van der Waals surface area contributed by atoms with E-state index in [0.29, 0.717) is 25.8 Å². The van der Waals surface area contributed by atoms with Gasteiger partial charge in [0.1, 0.15) is 6.04 Å². The van der Waals surface area contributed by atoms with E-state index < -0.39 is 17.4 Å². The molecular weight excluding hydrogens is 262 g/mol. The van der Waals surface area contributed by atoms with E-state index in [-0.39, 0.29) is 10.9 Å². The lowest BCUT2D eigenvalue weighted by atomic mass is 9.72. The highest BCUT2D eigenvalue weighted by Crippen LogP contribution is 2.40. The lowest BCUT2D eigenvalue weighted by Crippen LogP contribution is -2.55. The van der Waals surface area contributed by atoms with E-state index in [1.807, 2.05) is 0 Å². The zero-order chi connectivity index (χ0) is 14.0. The minimum atomic E-state index is -0.744. The number of hydrogen-bond acceptors (Lipinski definition) is 3. The van der Waals surface area contributed by atoms with Gasteiger partial charge in [0.15, 0.2) is 0 Å². The number of nitrogens with two attached hydrogens (primary N) is 2. The maximum atomic E-state index is 12.8. The van der Waals surface area contributed by atoms with Gasteiger partial charge in [-0.15, -0.1) is 0 Å². The predicted octanol–water partition coefficient (Wildman–Crippen LogP) is 0.699. The maximum Gasteiger partial charge on any atom is 0.240 e. The van der Waals surface area contributed by atoms with Crippen LogP contribution in [0.15, 0.2) is 0 Å². The molecule has 1 saturated heterocycles. The Morgan fingerprint density at radius 1 is 1.11 bits per heavy atom. The molecule has 1 heterocycles. The SMILES string of the molecule is NC(=O)C1CCCN1C(=O)C1(C(N)=S)CCCCC1. The van der Waals surface area contributed by atoms with Crippen molar-refractivity contribution >= 4 is 29.0 Å². The summed E-state index contributed by atoms with van der Waals surface area (Å²) in [5, 5.41) is 0. The van der Waals surface area contributed by atoms with E-state index in [9.17, 15) is 9.59 Å². The van der Waals surface area contributed by atoms with Crippen molar-refractivity contribution in [3.63, 3.8) is 0 Å². The van der Waals surface area contributed by atoms with Gasteiger partial charge >= 0.3 is 0 Å². The van der Waals surface area contributed by atoms with Crippen LogP contribution in [0.4, 0.5) is 0 Å². The Balaban J connectivity index is 2.24. The van der Waals surface area contributed by atoms with Gasteiger partial charge in [-0.2, -0.15) is 0 Å². The van der Waals surface area contributed by atoms with Gasteiger partial charge in [-0.05, 0) is 25.7 Å². The molecule has 0 spiro atoms. The van der Waals surface area contributed by atoms with Crippen molar-refractivity contribution < 1.29 is 9.59 Å². The van der Waals surface area contributed by atoms with E-state index in [4.69, 9.17) is 23.7 Å². The molecule has 0 aromatic rings. The second-order valence-electron chi connectivity index (χ2n) is 5.57. The standard InChI is InChI=1S/C13H21N3O2S/c14-10(17)9-5-4-8-16(9)12(18)13(11(15)19)6-2-1-3-7-13/h9H,1-8H2,(H2,14,17)(H2,15,19). The molecule has 1 aliphatic heterocycles. The summed E-state index contributed by atoms with van der Waals surface area (Å²) in [5.74, 6) is -0.513. The molecule has 0 aromatic carbocycles. The lowest BCUT2D eigenvalue weighted by Gasteiger charge is -2.39. The van der Waals surface area contributed by atoms with Crippen LogP contribution in [0.1, 0.15) is 44.9 Å². The number of hydrogen-bond donors (Lipinski definition) is 2. The second-order valence-corrected chi connectivity index (χ2v) is 6.01. The highest BCUT2D eigenvalue weighted by atomic mass is 32.1. The Hall–Kier alpha value is -1.17. The van der Waals surface area contributed by atoms with Gasteiger partial charge < -0.3 is 16.4 Å². The van der Waals surface area contributed by atoms with Crippen molar-refractivity contribution in [2.24, 2.45) is 16.9 Å². The van der Waals surface area contributed by atoms with Gasteiger partial charge in [0, 0.05) is 6.54 Å². The predicted molar refractivity (Wildman–Crippen MR) is 76.2 cm³/mol. The average Bonchev–Trinajstić information content (AvgIpc) is 2.87. The molecule has 1 atom stereocenters. The number of carbonyl (C=O) groups is 2. The number of rotatable bonds is 3. The number of thiocarbonyl (C=S) groups is 1. The van der Waals surface area contributed by atoms with Crippen molar-refractivity contribution in [2.75, 3.05) is 6.54 Å². The second kappa shape index (κ2) is 5.45. The molecule has 2 rings (SSSR count). The third-order valence-electron chi connectivity index (χ3n) is 4.43. The maximum absolute atomic E-state index is 12.8. The monoisotopic (exact) mass is 283 g/mol. The van der Waals surface area contributed by atoms with E-state index in [0.717, 1.165) is 25.7 Å².